The van der Waals surface area contributed by atoms with Crippen molar-refractivity contribution >= 4 is 22.2 Å². The Hall–Kier alpha value is -3.33. The van der Waals surface area contributed by atoms with Gasteiger partial charge in [0.25, 0.3) is 0 Å². The molecule has 1 N–H and O–H groups in total. The third-order valence-corrected chi connectivity index (χ3v) is 8.05. The van der Waals surface area contributed by atoms with E-state index in [4.69, 9.17) is 14.8 Å². The highest BCUT2D eigenvalue weighted by Gasteiger charge is 2.28. The van der Waals surface area contributed by atoms with Crippen molar-refractivity contribution in [2.45, 2.75) is 13.0 Å². The first-order valence-electron chi connectivity index (χ1n) is 11.6. The summed E-state index contributed by atoms with van der Waals surface area (Å²) in [4.78, 5) is 9.79. The van der Waals surface area contributed by atoms with Gasteiger partial charge in [0.15, 0.2) is 0 Å². The van der Waals surface area contributed by atoms with Crippen molar-refractivity contribution in [2.24, 2.45) is 7.05 Å². The second-order valence-corrected chi connectivity index (χ2v) is 10.2. The number of morpholine rings is 1. The van der Waals surface area contributed by atoms with Crippen LogP contribution in [-0.4, -0.2) is 56.2 Å². The molecule has 5 heterocycles. The number of pyridine rings is 1. The Kier molecular flexibility index (Phi) is 4.65. The topological polar surface area (TPSA) is 71.9 Å². The third-order valence-electron chi connectivity index (χ3n) is 6.89. The summed E-state index contributed by atoms with van der Waals surface area (Å²) >= 11 is 1.84. The van der Waals surface area contributed by atoms with Gasteiger partial charge >= 0.3 is 0 Å². The Bertz CT molecular complexity index is 1510. The maximum atomic E-state index is 5.45. The quantitative estimate of drug-likeness (QED) is 0.413. The molecule has 5 aromatic rings. The number of thiophene rings is 1. The lowest BCUT2D eigenvalue weighted by Crippen LogP contribution is -2.35. The summed E-state index contributed by atoms with van der Waals surface area (Å²) in [5, 5.41) is 13.5. The fourth-order valence-corrected chi connectivity index (χ4v) is 6.18. The zero-order valence-corrected chi connectivity index (χ0v) is 19.7. The Morgan fingerprint density at radius 3 is 2.85 bits per heavy atom. The standard InChI is InChI=1S/C26H24N6OS/c1-31-22-10-17(3-4-18(22)14-28-31)25-20-12-23-19(26(20)30-29-25)11-24(34-23)21-5-2-16(13-27-21)15-32-6-8-33-9-7-32/h2-5,10-11,13-14H,6-9,12,15H2,1H3,(H,29,30). The maximum absolute atomic E-state index is 5.45. The zero-order chi connectivity index (χ0) is 22.6. The molecular weight excluding hydrogens is 444 g/mol. The second-order valence-electron chi connectivity index (χ2n) is 9.03. The van der Waals surface area contributed by atoms with E-state index in [0.717, 1.165) is 72.8 Å². The highest BCUT2D eigenvalue weighted by Crippen LogP contribution is 2.46. The predicted molar refractivity (Wildman–Crippen MR) is 134 cm³/mol. The van der Waals surface area contributed by atoms with Gasteiger partial charge in [0.2, 0.25) is 0 Å². The van der Waals surface area contributed by atoms with Gasteiger partial charge in [-0.15, -0.1) is 11.3 Å². The molecule has 0 amide bonds. The van der Waals surface area contributed by atoms with Gasteiger partial charge < -0.3 is 4.74 Å². The van der Waals surface area contributed by atoms with Gasteiger partial charge in [-0.1, -0.05) is 18.2 Å². The molecule has 1 aromatic carbocycles. The Labute approximate surface area is 201 Å². The Morgan fingerprint density at radius 2 is 2.00 bits per heavy atom. The summed E-state index contributed by atoms with van der Waals surface area (Å²) in [5.74, 6) is 0. The molecule has 0 atom stereocenters. The van der Waals surface area contributed by atoms with Gasteiger partial charge in [0.05, 0.1) is 46.9 Å². The second kappa shape index (κ2) is 7.87. The molecule has 1 aliphatic heterocycles. The molecule has 34 heavy (non-hydrogen) atoms. The number of rotatable bonds is 4. The molecule has 1 saturated heterocycles. The number of H-pyrrole nitrogens is 1. The monoisotopic (exact) mass is 468 g/mol. The molecule has 8 heteroatoms. The van der Waals surface area contributed by atoms with Crippen molar-refractivity contribution in [2.75, 3.05) is 26.3 Å². The van der Waals surface area contributed by atoms with Crippen molar-refractivity contribution in [1.29, 1.82) is 0 Å². The van der Waals surface area contributed by atoms with Gasteiger partial charge in [-0.25, -0.2) is 0 Å². The molecule has 0 unspecified atom stereocenters. The number of hydrogen-bond donors (Lipinski definition) is 1. The molecule has 7 nitrogen and oxygen atoms in total. The number of aryl methyl sites for hydroxylation is 1. The van der Waals surface area contributed by atoms with Gasteiger partial charge in [-0.3, -0.25) is 19.7 Å². The number of fused-ring (bicyclic) bond motifs is 4. The van der Waals surface area contributed by atoms with E-state index in [0.29, 0.717) is 0 Å². The van der Waals surface area contributed by atoms with E-state index in [1.54, 1.807) is 0 Å². The highest BCUT2D eigenvalue weighted by atomic mass is 32.1. The van der Waals surface area contributed by atoms with Gasteiger partial charge in [0, 0.05) is 66.3 Å². The van der Waals surface area contributed by atoms with Gasteiger partial charge in [-0.05, 0) is 23.8 Å². The van der Waals surface area contributed by atoms with E-state index in [1.807, 2.05) is 35.5 Å². The molecule has 170 valence electrons. The van der Waals surface area contributed by atoms with Crippen LogP contribution in [0, 0.1) is 0 Å². The average Bonchev–Trinajstić information content (AvgIpc) is 3.62. The van der Waals surface area contributed by atoms with Crippen LogP contribution in [0.1, 0.15) is 16.0 Å². The van der Waals surface area contributed by atoms with Crippen LogP contribution >= 0.6 is 11.3 Å². The first kappa shape index (κ1) is 20.1. The number of aromatic amines is 1. The van der Waals surface area contributed by atoms with E-state index in [-0.39, 0.29) is 0 Å². The summed E-state index contributed by atoms with van der Waals surface area (Å²) in [5.41, 5.74) is 9.25. The summed E-state index contributed by atoms with van der Waals surface area (Å²) in [6.07, 6.45) is 4.82. The maximum Gasteiger partial charge on any atom is 0.0963 e. The predicted octanol–water partition coefficient (Wildman–Crippen LogP) is 4.49. The van der Waals surface area contributed by atoms with Crippen molar-refractivity contribution in [3.8, 4) is 33.1 Å². The smallest absolute Gasteiger partial charge is 0.0963 e. The number of ether oxygens (including phenoxy) is 1. The number of nitrogens with one attached hydrogen (secondary N) is 1. The number of benzene rings is 1. The Balaban J connectivity index is 1.15. The molecule has 4 aromatic heterocycles. The fourth-order valence-electron chi connectivity index (χ4n) is 5.03. The summed E-state index contributed by atoms with van der Waals surface area (Å²) in [7, 11) is 1.98. The minimum Gasteiger partial charge on any atom is -0.379 e. The lowest BCUT2D eigenvalue weighted by molar-refractivity contribution is 0.0341. The number of nitrogens with zero attached hydrogens (tertiary/aromatic N) is 5. The van der Waals surface area contributed by atoms with E-state index >= 15 is 0 Å². The van der Waals surface area contributed by atoms with E-state index in [9.17, 15) is 0 Å². The largest absolute Gasteiger partial charge is 0.379 e. The Morgan fingerprint density at radius 1 is 1.09 bits per heavy atom. The summed E-state index contributed by atoms with van der Waals surface area (Å²) < 4.78 is 7.36. The zero-order valence-electron chi connectivity index (χ0n) is 18.9. The molecule has 0 radical (unpaired) electrons. The van der Waals surface area contributed by atoms with Crippen LogP contribution < -0.4 is 0 Å². The van der Waals surface area contributed by atoms with Crippen molar-refractivity contribution < 1.29 is 4.74 Å². The third kappa shape index (κ3) is 3.29. The van der Waals surface area contributed by atoms with E-state index in [2.05, 4.69) is 51.5 Å². The number of hydrogen-bond acceptors (Lipinski definition) is 6. The van der Waals surface area contributed by atoms with Crippen LogP contribution in [-0.2, 0) is 24.8 Å². The molecule has 0 saturated carbocycles. The average molecular weight is 469 g/mol. The normalized spacial score (nSPS) is 15.7. The molecule has 0 bridgehead atoms. The van der Waals surface area contributed by atoms with Gasteiger partial charge in [0.1, 0.15) is 0 Å². The van der Waals surface area contributed by atoms with Crippen LogP contribution in [0.3, 0.4) is 0 Å². The van der Waals surface area contributed by atoms with Crippen molar-refractivity contribution in [1.82, 2.24) is 29.9 Å². The first-order valence-corrected chi connectivity index (χ1v) is 12.4. The van der Waals surface area contributed by atoms with Crippen LogP contribution in [0.25, 0.3) is 44.0 Å². The molecule has 2 aliphatic rings. The van der Waals surface area contributed by atoms with Crippen molar-refractivity contribution in [3.63, 3.8) is 0 Å². The summed E-state index contributed by atoms with van der Waals surface area (Å²) in [6, 6.07) is 13.1. The van der Waals surface area contributed by atoms with E-state index in [1.165, 1.54) is 26.4 Å². The summed E-state index contributed by atoms with van der Waals surface area (Å²) in [6.45, 7) is 4.55. The first-order chi connectivity index (χ1) is 16.7. The van der Waals surface area contributed by atoms with Crippen LogP contribution in [0.4, 0.5) is 0 Å². The van der Waals surface area contributed by atoms with Crippen molar-refractivity contribution in [3.05, 3.63) is 64.8 Å². The number of aromatic nitrogens is 5. The van der Waals surface area contributed by atoms with Crippen LogP contribution in [0.5, 0.6) is 0 Å². The van der Waals surface area contributed by atoms with E-state index < -0.39 is 0 Å². The fraction of sp³-hybridized carbons (Fsp3) is 0.269. The minimum atomic E-state index is 0.821. The SMILES string of the molecule is Cn1ncc2ccc(-c3n[nH]c4c3Cc3sc(-c5ccc(CN6CCOCC6)cn5)cc3-4)cc21. The van der Waals surface area contributed by atoms with Gasteiger partial charge in [-0.2, -0.15) is 10.2 Å². The lowest BCUT2D eigenvalue weighted by atomic mass is 10.0. The van der Waals surface area contributed by atoms with Crippen LogP contribution in [0.2, 0.25) is 0 Å². The molecule has 1 fully saturated rings. The molecule has 7 rings (SSSR count). The molecule has 1 aliphatic carbocycles. The van der Waals surface area contributed by atoms with Crippen LogP contribution in [0.15, 0.2) is 48.8 Å². The molecular formula is C26H24N6OS. The minimum absolute atomic E-state index is 0.821. The molecule has 0 spiro atoms. The highest BCUT2D eigenvalue weighted by molar-refractivity contribution is 7.16. The lowest BCUT2D eigenvalue weighted by Gasteiger charge is -2.26.